The van der Waals surface area contributed by atoms with E-state index in [9.17, 15) is 9.59 Å². The molecule has 2 aromatic heterocycles. The third kappa shape index (κ3) is 5.14. The number of amides is 3. The summed E-state index contributed by atoms with van der Waals surface area (Å²) in [5.41, 5.74) is 3.69. The zero-order chi connectivity index (χ0) is 21.8. The Morgan fingerprint density at radius 3 is 2.58 bits per heavy atom. The number of hydrogen-bond donors (Lipinski definition) is 3. The second kappa shape index (κ2) is 9.62. The van der Waals surface area contributed by atoms with Gasteiger partial charge in [-0.05, 0) is 61.4 Å². The molecule has 0 atom stereocenters. The van der Waals surface area contributed by atoms with Gasteiger partial charge < -0.3 is 20.5 Å². The summed E-state index contributed by atoms with van der Waals surface area (Å²) in [7, 11) is 0. The van der Waals surface area contributed by atoms with Crippen molar-refractivity contribution in [1.29, 1.82) is 0 Å². The smallest absolute Gasteiger partial charge is 0.319 e. The van der Waals surface area contributed by atoms with Crippen LogP contribution >= 0.6 is 23.1 Å². The first-order valence-corrected chi connectivity index (χ1v) is 12.3. The second-order valence-electron chi connectivity index (χ2n) is 7.71. The van der Waals surface area contributed by atoms with Crippen LogP contribution in [0.15, 0.2) is 48.8 Å². The molecule has 0 spiro atoms. The van der Waals surface area contributed by atoms with E-state index in [4.69, 9.17) is 0 Å². The summed E-state index contributed by atoms with van der Waals surface area (Å²) in [6.07, 6.45) is 4.91. The number of rotatable bonds is 6. The SMILES string of the molecule is CC(C)NC(=O)Nc1ccc(CNC(=O)c2c(-n3cccc3)sc3c2CCSC3)cc1. The van der Waals surface area contributed by atoms with Crippen molar-refractivity contribution >= 4 is 40.7 Å². The van der Waals surface area contributed by atoms with Gasteiger partial charge in [-0.25, -0.2) is 4.79 Å². The number of fused-ring (bicyclic) bond motifs is 1. The normalized spacial score (nSPS) is 13.0. The summed E-state index contributed by atoms with van der Waals surface area (Å²) in [6.45, 7) is 4.26. The molecule has 3 N–H and O–H groups in total. The zero-order valence-electron chi connectivity index (χ0n) is 17.6. The molecule has 31 heavy (non-hydrogen) atoms. The first-order valence-electron chi connectivity index (χ1n) is 10.3. The van der Waals surface area contributed by atoms with Crippen molar-refractivity contribution in [2.24, 2.45) is 0 Å². The predicted octanol–water partition coefficient (Wildman–Crippen LogP) is 4.79. The van der Waals surface area contributed by atoms with E-state index >= 15 is 0 Å². The molecule has 162 valence electrons. The van der Waals surface area contributed by atoms with Crippen molar-refractivity contribution < 1.29 is 9.59 Å². The molecule has 1 aliphatic heterocycles. The summed E-state index contributed by atoms with van der Waals surface area (Å²) in [4.78, 5) is 26.3. The van der Waals surface area contributed by atoms with E-state index in [2.05, 4.69) is 16.0 Å². The average molecular weight is 455 g/mol. The number of urea groups is 1. The van der Waals surface area contributed by atoms with Gasteiger partial charge >= 0.3 is 6.03 Å². The highest BCUT2D eigenvalue weighted by Gasteiger charge is 2.26. The molecule has 0 unspecified atom stereocenters. The number of carbonyl (C=O) groups excluding carboxylic acids is 2. The average Bonchev–Trinajstić information content (AvgIpc) is 3.40. The predicted molar refractivity (Wildman–Crippen MR) is 128 cm³/mol. The largest absolute Gasteiger partial charge is 0.348 e. The van der Waals surface area contributed by atoms with Crippen molar-refractivity contribution in [3.8, 4) is 5.00 Å². The first kappa shape index (κ1) is 21.5. The van der Waals surface area contributed by atoms with E-state index < -0.39 is 0 Å². The van der Waals surface area contributed by atoms with Gasteiger partial charge in [0.25, 0.3) is 5.91 Å². The Morgan fingerprint density at radius 2 is 1.87 bits per heavy atom. The van der Waals surface area contributed by atoms with Crippen LogP contribution in [-0.2, 0) is 18.7 Å². The van der Waals surface area contributed by atoms with Gasteiger partial charge in [0.15, 0.2) is 0 Å². The molecule has 0 radical (unpaired) electrons. The minimum absolute atomic E-state index is 0.0355. The van der Waals surface area contributed by atoms with E-state index in [0.717, 1.165) is 34.1 Å². The van der Waals surface area contributed by atoms with Gasteiger partial charge in [0.1, 0.15) is 5.00 Å². The Bertz CT molecular complexity index is 1060. The number of nitrogens with zero attached hydrogens (tertiary/aromatic N) is 1. The maximum absolute atomic E-state index is 13.2. The van der Waals surface area contributed by atoms with E-state index in [0.29, 0.717) is 12.2 Å². The van der Waals surface area contributed by atoms with Crippen molar-refractivity contribution in [1.82, 2.24) is 15.2 Å². The van der Waals surface area contributed by atoms with Gasteiger partial charge in [-0.15, -0.1) is 11.3 Å². The topological polar surface area (TPSA) is 75.2 Å². The third-order valence-electron chi connectivity index (χ3n) is 4.95. The van der Waals surface area contributed by atoms with Crippen LogP contribution < -0.4 is 16.0 Å². The van der Waals surface area contributed by atoms with Crippen molar-refractivity contribution in [3.05, 3.63) is 70.4 Å². The van der Waals surface area contributed by atoms with Crippen molar-refractivity contribution in [2.45, 2.75) is 38.6 Å². The van der Waals surface area contributed by atoms with Crippen molar-refractivity contribution in [2.75, 3.05) is 11.1 Å². The first-order chi connectivity index (χ1) is 15.0. The van der Waals surface area contributed by atoms with Crippen LogP contribution in [0.25, 0.3) is 5.00 Å². The van der Waals surface area contributed by atoms with E-state index in [1.165, 1.54) is 10.4 Å². The number of nitrogens with one attached hydrogen (secondary N) is 3. The number of thiophene rings is 1. The number of hydrogen-bond acceptors (Lipinski definition) is 4. The fraction of sp³-hybridized carbons (Fsp3) is 0.304. The molecule has 0 bridgehead atoms. The van der Waals surface area contributed by atoms with Crippen LogP contribution in [0.1, 0.15) is 40.2 Å². The highest BCUT2D eigenvalue weighted by Crippen LogP contribution is 2.38. The summed E-state index contributed by atoms with van der Waals surface area (Å²) in [5, 5.41) is 9.68. The summed E-state index contributed by atoms with van der Waals surface area (Å²) < 4.78 is 2.03. The molecule has 3 aromatic rings. The molecule has 3 heterocycles. The molecule has 1 aliphatic rings. The molecule has 6 nitrogen and oxygen atoms in total. The lowest BCUT2D eigenvalue weighted by molar-refractivity contribution is 0.0950. The van der Waals surface area contributed by atoms with Crippen molar-refractivity contribution in [3.63, 3.8) is 0 Å². The van der Waals surface area contributed by atoms with Crippen LogP contribution in [0.2, 0.25) is 0 Å². The molecular weight excluding hydrogens is 428 g/mol. The quantitative estimate of drug-likeness (QED) is 0.501. The van der Waals surface area contributed by atoms with Gasteiger partial charge in [0.2, 0.25) is 0 Å². The number of benzene rings is 1. The molecule has 0 saturated heterocycles. The van der Waals surface area contributed by atoms with Crippen LogP contribution in [-0.4, -0.2) is 28.3 Å². The van der Waals surface area contributed by atoms with Gasteiger partial charge in [0, 0.05) is 41.3 Å². The summed E-state index contributed by atoms with van der Waals surface area (Å²) >= 11 is 3.64. The Balaban J connectivity index is 1.45. The summed E-state index contributed by atoms with van der Waals surface area (Å²) in [6, 6.07) is 11.3. The molecule has 3 amide bonds. The zero-order valence-corrected chi connectivity index (χ0v) is 19.2. The second-order valence-corrected chi connectivity index (χ2v) is 9.90. The number of thioether (sulfide) groups is 1. The fourth-order valence-electron chi connectivity index (χ4n) is 3.51. The highest BCUT2D eigenvalue weighted by atomic mass is 32.2. The minimum atomic E-state index is -0.228. The van der Waals surface area contributed by atoms with Crippen LogP contribution in [0.5, 0.6) is 0 Å². The van der Waals surface area contributed by atoms with E-state index in [1.54, 1.807) is 11.3 Å². The van der Waals surface area contributed by atoms with E-state index in [-0.39, 0.29) is 18.0 Å². The molecular formula is C23H26N4O2S2. The maximum atomic E-state index is 13.2. The van der Waals surface area contributed by atoms with Gasteiger partial charge in [-0.3, -0.25) is 4.79 Å². The monoisotopic (exact) mass is 454 g/mol. The Labute approximate surface area is 190 Å². The van der Waals surface area contributed by atoms with Gasteiger partial charge in [-0.1, -0.05) is 12.1 Å². The Hall–Kier alpha value is -2.71. The standard InChI is InChI=1S/C23H26N4O2S2/c1-15(2)25-23(29)26-17-7-5-16(6-8-17)13-24-21(28)20-18-9-12-30-14-19(18)31-22(20)27-10-3-4-11-27/h3-8,10-11,15H,9,12-14H2,1-2H3,(H,24,28)(H2,25,26,29). The van der Waals surface area contributed by atoms with Gasteiger partial charge in [0.05, 0.1) is 5.56 Å². The fourth-order valence-corrected chi connectivity index (χ4v) is 5.95. The highest BCUT2D eigenvalue weighted by molar-refractivity contribution is 7.98. The minimum Gasteiger partial charge on any atom is -0.348 e. The number of aromatic nitrogens is 1. The molecule has 8 heteroatoms. The lowest BCUT2D eigenvalue weighted by Crippen LogP contribution is -2.34. The Kier molecular flexibility index (Phi) is 6.67. The third-order valence-corrected chi connectivity index (χ3v) is 7.37. The maximum Gasteiger partial charge on any atom is 0.319 e. The van der Waals surface area contributed by atoms with Gasteiger partial charge in [-0.2, -0.15) is 11.8 Å². The molecule has 0 saturated carbocycles. The molecule has 1 aromatic carbocycles. The van der Waals surface area contributed by atoms with E-state index in [1.807, 2.05) is 79.0 Å². The molecule has 0 aliphatic carbocycles. The van der Waals surface area contributed by atoms with Crippen LogP contribution in [0.3, 0.4) is 0 Å². The molecule has 4 rings (SSSR count). The molecule has 0 fully saturated rings. The van der Waals surface area contributed by atoms with Crippen LogP contribution in [0, 0.1) is 0 Å². The van der Waals surface area contributed by atoms with Crippen LogP contribution in [0.4, 0.5) is 10.5 Å². The lowest BCUT2D eigenvalue weighted by atomic mass is 10.1. The number of anilines is 1. The number of carbonyl (C=O) groups is 2. The Morgan fingerprint density at radius 1 is 1.13 bits per heavy atom. The summed E-state index contributed by atoms with van der Waals surface area (Å²) in [5.74, 6) is 1.99. The lowest BCUT2D eigenvalue weighted by Gasteiger charge is -2.13.